The quantitative estimate of drug-likeness (QED) is 0.784. The largest absolute Gasteiger partial charge is 0.427 e. The lowest BCUT2D eigenvalue weighted by Crippen LogP contribution is -2.50. The third-order valence-electron chi connectivity index (χ3n) is 4.38. The first-order chi connectivity index (χ1) is 9.75. The number of benzene rings is 1. The molecule has 0 saturated heterocycles. The van der Waals surface area contributed by atoms with E-state index in [0.29, 0.717) is 11.7 Å². The van der Waals surface area contributed by atoms with Gasteiger partial charge in [-0.1, -0.05) is 11.5 Å². The van der Waals surface area contributed by atoms with E-state index in [-0.39, 0.29) is 5.82 Å². The molecule has 1 radical (unpaired) electrons. The summed E-state index contributed by atoms with van der Waals surface area (Å²) in [6.07, 6.45) is 2.22. The minimum absolute atomic E-state index is 0.226. The Bertz CT molecular complexity index is 501. The van der Waals surface area contributed by atoms with Gasteiger partial charge < -0.3 is 14.7 Å². The third-order valence-corrected chi connectivity index (χ3v) is 4.38. The zero-order chi connectivity index (χ0) is 15.7. The molecule has 5 heteroatoms. The first-order valence-corrected chi connectivity index (χ1v) is 7.37. The van der Waals surface area contributed by atoms with E-state index in [2.05, 4.69) is 5.32 Å². The molecule has 3 nitrogen and oxygen atoms in total. The molecule has 0 heterocycles. The predicted octanol–water partition coefficient (Wildman–Crippen LogP) is 2.86. The molecular weight excluding hydrogens is 268 g/mol. The van der Waals surface area contributed by atoms with Crippen LogP contribution in [0.4, 0.5) is 10.1 Å². The van der Waals surface area contributed by atoms with Crippen LogP contribution < -0.4 is 10.8 Å². The molecule has 0 unspecified atom stereocenters. The molecule has 0 amide bonds. The van der Waals surface area contributed by atoms with Crippen molar-refractivity contribution >= 4 is 18.6 Å². The molecule has 0 aliphatic heterocycles. The highest BCUT2D eigenvalue weighted by atomic mass is 19.1. The summed E-state index contributed by atoms with van der Waals surface area (Å²) in [6.45, 7) is 7.90. The fourth-order valence-electron chi connectivity index (χ4n) is 1.78. The Morgan fingerprint density at radius 1 is 1.19 bits per heavy atom. The third kappa shape index (κ3) is 3.98. The Hall–Kier alpha value is -1.07. The second kappa shape index (κ2) is 5.97. The summed E-state index contributed by atoms with van der Waals surface area (Å²) in [4.78, 5) is 0. The van der Waals surface area contributed by atoms with E-state index < -0.39 is 11.2 Å². The van der Waals surface area contributed by atoms with Crippen molar-refractivity contribution in [3.63, 3.8) is 0 Å². The Morgan fingerprint density at radius 3 is 2.43 bits per heavy atom. The van der Waals surface area contributed by atoms with Gasteiger partial charge in [-0.15, -0.1) is 0 Å². The smallest absolute Gasteiger partial charge is 0.330 e. The van der Waals surface area contributed by atoms with E-state index in [1.807, 2.05) is 27.7 Å². The van der Waals surface area contributed by atoms with Gasteiger partial charge in [0.05, 0.1) is 16.9 Å². The number of hydrogen-bond donors (Lipinski definition) is 1. The summed E-state index contributed by atoms with van der Waals surface area (Å²) in [5, 5.41) is 3.19. The highest BCUT2D eigenvalue weighted by molar-refractivity contribution is 6.47. The van der Waals surface area contributed by atoms with Gasteiger partial charge in [0, 0.05) is 13.2 Å². The van der Waals surface area contributed by atoms with Crippen LogP contribution in [0.15, 0.2) is 18.2 Å². The van der Waals surface area contributed by atoms with Gasteiger partial charge in [-0.3, -0.25) is 0 Å². The molecule has 0 spiro atoms. The minimum atomic E-state index is -0.500. The van der Waals surface area contributed by atoms with Crippen molar-refractivity contribution in [2.45, 2.75) is 57.8 Å². The molecule has 1 aliphatic carbocycles. The molecule has 1 N–H and O–H groups in total. The SMILES string of the molecule is COC(C)(C)C(C)(C)O[B]c1ccc(F)c(NC2CC2)c1. The summed E-state index contributed by atoms with van der Waals surface area (Å²) in [7, 11) is 3.33. The molecule has 1 aliphatic rings. The fourth-order valence-corrected chi connectivity index (χ4v) is 1.78. The van der Waals surface area contributed by atoms with Crippen LogP contribution in [0.2, 0.25) is 0 Å². The van der Waals surface area contributed by atoms with Gasteiger partial charge in [0.25, 0.3) is 0 Å². The number of rotatable bonds is 7. The van der Waals surface area contributed by atoms with Crippen LogP contribution in [0.3, 0.4) is 0 Å². The van der Waals surface area contributed by atoms with Crippen molar-refractivity contribution in [2.24, 2.45) is 0 Å². The van der Waals surface area contributed by atoms with Gasteiger partial charge >= 0.3 is 7.48 Å². The Labute approximate surface area is 127 Å². The van der Waals surface area contributed by atoms with E-state index in [4.69, 9.17) is 9.39 Å². The van der Waals surface area contributed by atoms with Crippen molar-refractivity contribution < 1.29 is 13.8 Å². The lowest BCUT2D eigenvalue weighted by atomic mass is 9.82. The molecule has 115 valence electrons. The molecule has 2 rings (SSSR count). The van der Waals surface area contributed by atoms with E-state index in [0.717, 1.165) is 18.3 Å². The maximum absolute atomic E-state index is 13.7. The van der Waals surface area contributed by atoms with Gasteiger partial charge in [-0.05, 0) is 52.7 Å². The van der Waals surface area contributed by atoms with Gasteiger partial charge in [-0.25, -0.2) is 4.39 Å². The summed E-state index contributed by atoms with van der Waals surface area (Å²) >= 11 is 0. The van der Waals surface area contributed by atoms with Crippen molar-refractivity contribution in [1.82, 2.24) is 0 Å². The number of nitrogens with one attached hydrogen (secondary N) is 1. The molecule has 1 aromatic carbocycles. The molecular formula is C16H24BFNO2. The van der Waals surface area contributed by atoms with Crippen molar-refractivity contribution in [3.8, 4) is 0 Å². The normalized spacial score (nSPS) is 15.9. The fraction of sp³-hybridized carbons (Fsp3) is 0.625. The molecule has 0 aromatic heterocycles. The first-order valence-electron chi connectivity index (χ1n) is 7.37. The van der Waals surface area contributed by atoms with E-state index >= 15 is 0 Å². The molecule has 21 heavy (non-hydrogen) atoms. The number of ether oxygens (including phenoxy) is 1. The molecule has 0 bridgehead atoms. The highest BCUT2D eigenvalue weighted by Gasteiger charge is 2.37. The number of methoxy groups -OCH3 is 1. The highest BCUT2D eigenvalue weighted by Crippen LogP contribution is 2.28. The van der Waals surface area contributed by atoms with Crippen LogP contribution in [0.1, 0.15) is 40.5 Å². The van der Waals surface area contributed by atoms with Crippen LogP contribution in [-0.4, -0.2) is 31.8 Å². The Kier molecular flexibility index (Phi) is 4.64. The number of halogens is 1. The second-order valence-corrected chi connectivity index (χ2v) is 6.62. The van der Waals surface area contributed by atoms with Crippen LogP contribution in [0, 0.1) is 5.82 Å². The summed E-state index contributed by atoms with van der Waals surface area (Å²) in [5.74, 6) is -0.226. The van der Waals surface area contributed by atoms with Crippen LogP contribution in [0.5, 0.6) is 0 Å². The van der Waals surface area contributed by atoms with E-state index in [9.17, 15) is 4.39 Å². The number of hydrogen-bond acceptors (Lipinski definition) is 3. The van der Waals surface area contributed by atoms with Gasteiger partial charge in [0.15, 0.2) is 0 Å². The summed E-state index contributed by atoms with van der Waals surface area (Å²) in [6, 6.07) is 5.38. The molecule has 1 fully saturated rings. The lowest BCUT2D eigenvalue weighted by Gasteiger charge is -2.40. The van der Waals surface area contributed by atoms with Crippen LogP contribution in [-0.2, 0) is 9.39 Å². The van der Waals surface area contributed by atoms with Crippen LogP contribution in [0.25, 0.3) is 0 Å². The zero-order valence-electron chi connectivity index (χ0n) is 13.5. The zero-order valence-corrected chi connectivity index (χ0v) is 13.5. The number of anilines is 1. The average molecular weight is 292 g/mol. The predicted molar refractivity (Wildman–Crippen MR) is 84.7 cm³/mol. The van der Waals surface area contributed by atoms with Crippen LogP contribution >= 0.6 is 0 Å². The molecule has 0 atom stereocenters. The Morgan fingerprint density at radius 2 is 1.86 bits per heavy atom. The minimum Gasteiger partial charge on any atom is -0.427 e. The monoisotopic (exact) mass is 292 g/mol. The summed E-state index contributed by atoms with van der Waals surface area (Å²) < 4.78 is 25.1. The van der Waals surface area contributed by atoms with E-state index in [1.54, 1.807) is 26.7 Å². The van der Waals surface area contributed by atoms with Crippen molar-refractivity contribution in [1.29, 1.82) is 0 Å². The molecule has 1 aromatic rings. The average Bonchev–Trinajstić information content (AvgIpc) is 3.23. The lowest BCUT2D eigenvalue weighted by molar-refractivity contribution is -0.114. The van der Waals surface area contributed by atoms with Crippen molar-refractivity contribution in [2.75, 3.05) is 12.4 Å². The maximum atomic E-state index is 13.7. The standard InChI is InChI=1S/C16H24BFNO2/c1-15(2,20-5)16(3,4)21-17-11-6-9-13(18)14(10-11)19-12-7-8-12/h6,9-10,12,19H,7-8H2,1-5H3. The van der Waals surface area contributed by atoms with Gasteiger partial charge in [-0.2, -0.15) is 0 Å². The van der Waals surface area contributed by atoms with Crippen molar-refractivity contribution in [3.05, 3.63) is 24.0 Å². The second-order valence-electron chi connectivity index (χ2n) is 6.62. The van der Waals surface area contributed by atoms with E-state index in [1.165, 1.54) is 6.07 Å². The summed E-state index contributed by atoms with van der Waals surface area (Å²) in [5.41, 5.74) is 0.442. The Balaban J connectivity index is 2.02. The van der Waals surface area contributed by atoms with Gasteiger partial charge in [0.2, 0.25) is 0 Å². The molecule has 1 saturated carbocycles. The topological polar surface area (TPSA) is 30.5 Å². The first kappa shape index (κ1) is 16.3. The van der Waals surface area contributed by atoms with Gasteiger partial charge in [0.1, 0.15) is 5.82 Å². The maximum Gasteiger partial charge on any atom is 0.330 e.